The number of halogens is 1. The topological polar surface area (TPSA) is 58.3 Å². The van der Waals surface area contributed by atoms with Crippen molar-refractivity contribution in [1.29, 1.82) is 0 Å². The van der Waals surface area contributed by atoms with E-state index >= 15 is 0 Å². The van der Waals surface area contributed by atoms with Crippen molar-refractivity contribution in [2.24, 2.45) is 5.84 Å². The van der Waals surface area contributed by atoms with E-state index in [2.05, 4.69) is 28.0 Å². The molecular formula is C7H9IN2O. The number of nitrogen functional groups attached to an aromatic ring is 1. The summed E-state index contributed by atoms with van der Waals surface area (Å²) in [6, 6.07) is 5.56. The summed E-state index contributed by atoms with van der Waals surface area (Å²) in [4.78, 5) is 0. The molecular weight excluding hydrogens is 255 g/mol. The largest absolute Gasteiger partial charge is 0.392 e. The SMILES string of the molecule is NNc1ccc(CO)cc1I. The first-order valence-electron chi connectivity index (χ1n) is 3.14. The summed E-state index contributed by atoms with van der Waals surface area (Å²) in [5, 5.41) is 8.77. The standard InChI is InChI=1S/C7H9IN2O/c8-6-3-5(4-11)1-2-7(6)10-9/h1-3,10-11H,4,9H2. The molecule has 60 valence electrons. The molecule has 1 aromatic rings. The highest BCUT2D eigenvalue weighted by Gasteiger charge is 1.97. The fraction of sp³-hybridized carbons (Fsp3) is 0.143. The van der Waals surface area contributed by atoms with Gasteiger partial charge in [-0.2, -0.15) is 0 Å². The number of anilines is 1. The van der Waals surface area contributed by atoms with Crippen molar-refractivity contribution in [3.63, 3.8) is 0 Å². The lowest BCUT2D eigenvalue weighted by molar-refractivity contribution is 0.282. The van der Waals surface area contributed by atoms with Crippen LogP contribution in [0.2, 0.25) is 0 Å². The maximum absolute atomic E-state index is 8.77. The molecule has 3 nitrogen and oxygen atoms in total. The van der Waals surface area contributed by atoms with Gasteiger partial charge in [-0.3, -0.25) is 5.84 Å². The van der Waals surface area contributed by atoms with Gasteiger partial charge in [0.05, 0.1) is 12.3 Å². The van der Waals surface area contributed by atoms with Crippen molar-refractivity contribution in [1.82, 2.24) is 0 Å². The van der Waals surface area contributed by atoms with Crippen LogP contribution in [0, 0.1) is 3.57 Å². The first-order valence-corrected chi connectivity index (χ1v) is 4.21. The highest BCUT2D eigenvalue weighted by molar-refractivity contribution is 14.1. The van der Waals surface area contributed by atoms with E-state index in [0.717, 1.165) is 14.8 Å². The van der Waals surface area contributed by atoms with Crippen LogP contribution in [0.25, 0.3) is 0 Å². The van der Waals surface area contributed by atoms with Gasteiger partial charge < -0.3 is 10.5 Å². The van der Waals surface area contributed by atoms with Crippen LogP contribution in [0.3, 0.4) is 0 Å². The minimum Gasteiger partial charge on any atom is -0.392 e. The molecule has 4 heteroatoms. The quantitative estimate of drug-likeness (QED) is 0.425. The summed E-state index contributed by atoms with van der Waals surface area (Å²) in [5.41, 5.74) is 4.33. The molecule has 0 saturated heterocycles. The van der Waals surface area contributed by atoms with Crippen LogP contribution >= 0.6 is 22.6 Å². The molecule has 0 aromatic heterocycles. The zero-order valence-corrected chi connectivity index (χ0v) is 8.00. The fourth-order valence-corrected chi connectivity index (χ4v) is 1.51. The monoisotopic (exact) mass is 264 g/mol. The molecule has 0 aliphatic heterocycles. The second-order valence-electron chi connectivity index (χ2n) is 2.12. The Bertz CT molecular complexity index is 252. The van der Waals surface area contributed by atoms with E-state index in [0.29, 0.717) is 0 Å². The van der Waals surface area contributed by atoms with Crippen LogP contribution in [-0.2, 0) is 6.61 Å². The molecule has 0 fully saturated rings. The van der Waals surface area contributed by atoms with Crippen LogP contribution in [-0.4, -0.2) is 5.11 Å². The van der Waals surface area contributed by atoms with Gasteiger partial charge in [-0.05, 0) is 40.3 Å². The molecule has 4 N–H and O–H groups in total. The van der Waals surface area contributed by atoms with Crippen LogP contribution in [0.1, 0.15) is 5.56 Å². The number of aliphatic hydroxyl groups excluding tert-OH is 1. The number of nitrogens with one attached hydrogen (secondary N) is 1. The van der Waals surface area contributed by atoms with Crippen molar-refractivity contribution in [2.75, 3.05) is 5.43 Å². The Morgan fingerprint density at radius 2 is 2.27 bits per heavy atom. The van der Waals surface area contributed by atoms with Gasteiger partial charge >= 0.3 is 0 Å². The number of hydrogen-bond acceptors (Lipinski definition) is 3. The molecule has 0 unspecified atom stereocenters. The molecule has 0 aliphatic carbocycles. The van der Waals surface area contributed by atoms with Crippen molar-refractivity contribution in [3.8, 4) is 0 Å². The molecule has 1 rings (SSSR count). The zero-order chi connectivity index (χ0) is 8.27. The first-order chi connectivity index (χ1) is 5.27. The predicted octanol–water partition coefficient (Wildman–Crippen LogP) is 1.07. The first kappa shape index (κ1) is 8.76. The fourth-order valence-electron chi connectivity index (χ4n) is 0.774. The molecule has 11 heavy (non-hydrogen) atoms. The Labute approximate surface area is 78.7 Å². The van der Waals surface area contributed by atoms with Crippen molar-refractivity contribution >= 4 is 28.3 Å². The molecule has 0 aliphatic rings. The summed E-state index contributed by atoms with van der Waals surface area (Å²) in [5.74, 6) is 5.22. The van der Waals surface area contributed by atoms with E-state index in [1.165, 1.54) is 0 Å². The maximum Gasteiger partial charge on any atom is 0.0682 e. The van der Waals surface area contributed by atoms with Crippen molar-refractivity contribution < 1.29 is 5.11 Å². The van der Waals surface area contributed by atoms with Crippen LogP contribution in [0.15, 0.2) is 18.2 Å². The van der Waals surface area contributed by atoms with Crippen molar-refractivity contribution in [2.45, 2.75) is 6.61 Å². The predicted molar refractivity (Wildman–Crippen MR) is 52.9 cm³/mol. The molecule has 0 saturated carbocycles. The number of rotatable bonds is 2. The average molecular weight is 264 g/mol. The average Bonchev–Trinajstić information content (AvgIpc) is 2.04. The second-order valence-corrected chi connectivity index (χ2v) is 3.28. The van der Waals surface area contributed by atoms with E-state index < -0.39 is 0 Å². The lowest BCUT2D eigenvalue weighted by Crippen LogP contribution is -2.08. The Morgan fingerprint density at radius 3 is 2.73 bits per heavy atom. The highest BCUT2D eigenvalue weighted by Crippen LogP contribution is 2.18. The molecule has 0 radical (unpaired) electrons. The minimum absolute atomic E-state index is 0.0703. The van der Waals surface area contributed by atoms with E-state index in [1.54, 1.807) is 0 Å². The maximum atomic E-state index is 8.77. The molecule has 1 aromatic carbocycles. The second kappa shape index (κ2) is 3.89. The normalized spacial score (nSPS) is 9.73. The third-order valence-corrected chi connectivity index (χ3v) is 2.26. The third kappa shape index (κ3) is 2.05. The van der Waals surface area contributed by atoms with Crippen LogP contribution < -0.4 is 11.3 Å². The summed E-state index contributed by atoms with van der Waals surface area (Å²) in [7, 11) is 0. The molecule has 0 atom stereocenters. The smallest absolute Gasteiger partial charge is 0.0682 e. The van der Waals surface area contributed by atoms with Gasteiger partial charge in [-0.15, -0.1) is 0 Å². The van der Waals surface area contributed by atoms with Gasteiger partial charge in [-0.25, -0.2) is 0 Å². The van der Waals surface area contributed by atoms with Gasteiger partial charge in [0.25, 0.3) is 0 Å². The van der Waals surface area contributed by atoms with Crippen molar-refractivity contribution in [3.05, 3.63) is 27.3 Å². The van der Waals surface area contributed by atoms with Crippen LogP contribution in [0.5, 0.6) is 0 Å². The van der Waals surface area contributed by atoms with Gasteiger partial charge in [0.1, 0.15) is 0 Å². The van der Waals surface area contributed by atoms with E-state index in [-0.39, 0.29) is 6.61 Å². The molecule has 0 amide bonds. The summed E-state index contributed by atoms with van der Waals surface area (Å²) in [6.45, 7) is 0.0703. The number of hydrogen-bond donors (Lipinski definition) is 3. The van der Waals surface area contributed by atoms with Gasteiger partial charge in [0.15, 0.2) is 0 Å². The number of benzene rings is 1. The van der Waals surface area contributed by atoms with E-state index in [9.17, 15) is 0 Å². The molecule has 0 spiro atoms. The Balaban J connectivity index is 2.99. The lowest BCUT2D eigenvalue weighted by atomic mass is 10.2. The lowest BCUT2D eigenvalue weighted by Gasteiger charge is -2.03. The summed E-state index contributed by atoms with van der Waals surface area (Å²) < 4.78 is 1.01. The summed E-state index contributed by atoms with van der Waals surface area (Å²) >= 11 is 2.16. The zero-order valence-electron chi connectivity index (χ0n) is 5.84. The minimum atomic E-state index is 0.0703. The highest BCUT2D eigenvalue weighted by atomic mass is 127. The van der Waals surface area contributed by atoms with Gasteiger partial charge in [0, 0.05) is 3.57 Å². The Kier molecular flexibility index (Phi) is 3.10. The molecule has 0 bridgehead atoms. The Hall–Kier alpha value is -0.330. The number of nitrogens with two attached hydrogens (primary N) is 1. The summed E-state index contributed by atoms with van der Waals surface area (Å²) in [6.07, 6.45) is 0. The third-order valence-electron chi connectivity index (χ3n) is 1.37. The Morgan fingerprint density at radius 1 is 1.55 bits per heavy atom. The van der Waals surface area contributed by atoms with E-state index in [4.69, 9.17) is 10.9 Å². The number of hydrazine groups is 1. The molecule has 0 heterocycles. The number of aliphatic hydroxyl groups is 1. The van der Waals surface area contributed by atoms with Crippen LogP contribution in [0.4, 0.5) is 5.69 Å². The van der Waals surface area contributed by atoms with Gasteiger partial charge in [0.2, 0.25) is 0 Å². The van der Waals surface area contributed by atoms with E-state index in [1.807, 2.05) is 18.2 Å². The van der Waals surface area contributed by atoms with Gasteiger partial charge in [-0.1, -0.05) is 6.07 Å².